The minimum atomic E-state index is -3.81. The first kappa shape index (κ1) is 15.5. The summed E-state index contributed by atoms with van der Waals surface area (Å²) in [5.41, 5.74) is -0.0891. The minimum absolute atomic E-state index is 0.0154. The van der Waals surface area contributed by atoms with Gasteiger partial charge in [0, 0.05) is 26.1 Å². The molecular weight excluding hydrogens is 296 g/mol. The van der Waals surface area contributed by atoms with Gasteiger partial charge in [-0.1, -0.05) is 6.07 Å². The molecule has 1 fully saturated rings. The van der Waals surface area contributed by atoms with Gasteiger partial charge in [-0.3, -0.25) is 4.79 Å². The predicted molar refractivity (Wildman–Crippen MR) is 74.4 cm³/mol. The summed E-state index contributed by atoms with van der Waals surface area (Å²) in [6, 6.07) is 4.80. The number of nitrogens with zero attached hydrogens (tertiary/aromatic N) is 1. The van der Waals surface area contributed by atoms with E-state index >= 15 is 0 Å². The van der Waals surface area contributed by atoms with Crippen LogP contribution in [-0.4, -0.2) is 49.9 Å². The molecule has 1 saturated heterocycles. The maximum Gasteiger partial charge on any atom is 0.335 e. The van der Waals surface area contributed by atoms with E-state index in [2.05, 4.69) is 4.72 Å². The molecule has 1 aliphatic rings. The van der Waals surface area contributed by atoms with Gasteiger partial charge in [0.2, 0.25) is 15.9 Å². The van der Waals surface area contributed by atoms with Crippen LogP contribution in [0.15, 0.2) is 29.2 Å². The molecule has 2 rings (SSSR count). The lowest BCUT2D eigenvalue weighted by Crippen LogP contribution is -2.48. The average molecular weight is 312 g/mol. The number of carbonyl (C=O) groups is 2. The fourth-order valence-electron chi connectivity index (χ4n) is 2.19. The largest absolute Gasteiger partial charge is 0.478 e. The van der Waals surface area contributed by atoms with Gasteiger partial charge in [0.1, 0.15) is 0 Å². The van der Waals surface area contributed by atoms with Crippen molar-refractivity contribution in [2.75, 3.05) is 13.6 Å². The molecule has 7 nitrogen and oxygen atoms in total. The summed E-state index contributed by atoms with van der Waals surface area (Å²) in [4.78, 5) is 23.6. The third kappa shape index (κ3) is 3.59. The van der Waals surface area contributed by atoms with Crippen LogP contribution < -0.4 is 4.72 Å². The number of sulfonamides is 1. The number of piperidine rings is 1. The van der Waals surface area contributed by atoms with Gasteiger partial charge < -0.3 is 10.0 Å². The highest BCUT2D eigenvalue weighted by atomic mass is 32.2. The molecule has 1 heterocycles. The summed E-state index contributed by atoms with van der Waals surface area (Å²) in [7, 11) is -2.19. The van der Waals surface area contributed by atoms with Crippen LogP contribution in [0.2, 0.25) is 0 Å². The SMILES string of the molecule is CN1CC(NS(=O)(=O)c2cccc(C(=O)O)c2)CCC1=O. The van der Waals surface area contributed by atoms with Crippen molar-refractivity contribution in [1.82, 2.24) is 9.62 Å². The Kier molecular flexibility index (Phi) is 4.29. The Morgan fingerprint density at radius 1 is 1.43 bits per heavy atom. The summed E-state index contributed by atoms with van der Waals surface area (Å²) < 4.78 is 27.0. The molecule has 1 atom stereocenters. The highest BCUT2D eigenvalue weighted by molar-refractivity contribution is 7.89. The Labute approximate surface area is 122 Å². The molecule has 1 unspecified atom stereocenters. The van der Waals surface area contributed by atoms with E-state index in [1.54, 1.807) is 7.05 Å². The zero-order valence-electron chi connectivity index (χ0n) is 11.4. The molecule has 1 aromatic carbocycles. The standard InChI is InChI=1S/C13H16N2O5S/c1-15-8-10(5-6-12(15)16)14-21(19,20)11-4-2-3-9(7-11)13(17)18/h2-4,7,10,14H,5-6,8H2,1H3,(H,17,18). The first-order valence-corrected chi connectivity index (χ1v) is 7.87. The highest BCUT2D eigenvalue weighted by Gasteiger charge is 2.27. The molecule has 0 aromatic heterocycles. The second kappa shape index (κ2) is 5.82. The first-order valence-electron chi connectivity index (χ1n) is 6.39. The maximum absolute atomic E-state index is 12.3. The number of aromatic carboxylic acids is 1. The number of carboxylic acids is 1. The molecule has 2 N–H and O–H groups in total. The molecule has 0 spiro atoms. The van der Waals surface area contributed by atoms with E-state index < -0.39 is 16.0 Å². The predicted octanol–water partition coefficient (Wildman–Crippen LogP) is 0.284. The van der Waals surface area contributed by atoms with Gasteiger partial charge in [-0.05, 0) is 24.6 Å². The number of nitrogens with one attached hydrogen (secondary N) is 1. The average Bonchev–Trinajstić information content (AvgIpc) is 2.43. The Bertz CT molecular complexity index is 671. The van der Waals surface area contributed by atoms with Gasteiger partial charge >= 0.3 is 5.97 Å². The van der Waals surface area contributed by atoms with E-state index in [0.29, 0.717) is 19.4 Å². The number of hydrogen-bond acceptors (Lipinski definition) is 4. The number of likely N-dealkylation sites (N-methyl/N-ethyl adjacent to an activating group) is 1. The summed E-state index contributed by atoms with van der Waals surface area (Å²) in [6.45, 7) is 0.302. The molecule has 1 amide bonds. The lowest BCUT2D eigenvalue weighted by Gasteiger charge is -2.29. The van der Waals surface area contributed by atoms with Gasteiger partial charge in [0.05, 0.1) is 10.5 Å². The van der Waals surface area contributed by atoms with Crippen molar-refractivity contribution in [2.24, 2.45) is 0 Å². The summed E-state index contributed by atoms with van der Waals surface area (Å²) in [5, 5.41) is 8.90. The zero-order chi connectivity index (χ0) is 15.6. The second-order valence-corrected chi connectivity index (χ2v) is 6.68. The quantitative estimate of drug-likeness (QED) is 0.831. The van der Waals surface area contributed by atoms with E-state index in [9.17, 15) is 18.0 Å². The molecule has 1 aromatic rings. The Balaban J connectivity index is 2.17. The second-order valence-electron chi connectivity index (χ2n) is 4.96. The fraction of sp³-hybridized carbons (Fsp3) is 0.385. The van der Waals surface area contributed by atoms with Crippen molar-refractivity contribution in [3.8, 4) is 0 Å². The highest BCUT2D eigenvalue weighted by Crippen LogP contribution is 2.15. The molecule has 0 saturated carbocycles. The number of carboxylic acid groups (broad SMARTS) is 1. The molecule has 0 radical (unpaired) electrons. The van der Waals surface area contributed by atoms with Crippen molar-refractivity contribution in [3.05, 3.63) is 29.8 Å². The molecule has 8 heteroatoms. The number of rotatable bonds is 4. The van der Waals surface area contributed by atoms with Crippen LogP contribution >= 0.6 is 0 Å². The molecule has 1 aliphatic heterocycles. The van der Waals surface area contributed by atoms with E-state index in [4.69, 9.17) is 5.11 Å². The van der Waals surface area contributed by atoms with E-state index in [1.807, 2.05) is 0 Å². The van der Waals surface area contributed by atoms with Gasteiger partial charge in [0.25, 0.3) is 0 Å². The minimum Gasteiger partial charge on any atom is -0.478 e. The van der Waals surface area contributed by atoms with Crippen LogP contribution in [0.5, 0.6) is 0 Å². The molecular formula is C13H16N2O5S. The molecule has 0 bridgehead atoms. The third-order valence-electron chi connectivity index (χ3n) is 3.34. The number of carbonyl (C=O) groups excluding carboxylic acids is 1. The van der Waals surface area contributed by atoms with Crippen molar-refractivity contribution in [1.29, 1.82) is 0 Å². The van der Waals surface area contributed by atoms with E-state index in [-0.39, 0.29) is 22.4 Å². The number of amides is 1. The van der Waals surface area contributed by atoms with Crippen molar-refractivity contribution >= 4 is 21.9 Å². The van der Waals surface area contributed by atoms with Gasteiger partial charge in [0.15, 0.2) is 0 Å². The van der Waals surface area contributed by atoms with Crippen LogP contribution in [0.25, 0.3) is 0 Å². The Hall–Kier alpha value is -1.93. The number of benzene rings is 1. The van der Waals surface area contributed by atoms with Crippen LogP contribution in [0.1, 0.15) is 23.2 Å². The Morgan fingerprint density at radius 2 is 2.14 bits per heavy atom. The smallest absolute Gasteiger partial charge is 0.335 e. The zero-order valence-corrected chi connectivity index (χ0v) is 12.3. The van der Waals surface area contributed by atoms with Crippen LogP contribution in [0.4, 0.5) is 0 Å². The summed E-state index contributed by atoms with van der Waals surface area (Å²) in [5.74, 6) is -1.20. The van der Waals surface area contributed by atoms with Crippen molar-refractivity contribution in [3.63, 3.8) is 0 Å². The topological polar surface area (TPSA) is 104 Å². The van der Waals surface area contributed by atoms with Crippen LogP contribution in [-0.2, 0) is 14.8 Å². The van der Waals surface area contributed by atoms with Gasteiger partial charge in [-0.25, -0.2) is 17.9 Å². The maximum atomic E-state index is 12.3. The fourth-order valence-corrected chi connectivity index (χ4v) is 3.50. The van der Waals surface area contributed by atoms with Gasteiger partial charge in [-0.15, -0.1) is 0 Å². The summed E-state index contributed by atoms with van der Waals surface area (Å²) >= 11 is 0. The monoisotopic (exact) mass is 312 g/mol. The van der Waals surface area contributed by atoms with Crippen LogP contribution in [0, 0.1) is 0 Å². The molecule has 0 aliphatic carbocycles. The summed E-state index contributed by atoms with van der Waals surface area (Å²) in [6.07, 6.45) is 0.722. The molecule has 114 valence electrons. The van der Waals surface area contributed by atoms with Crippen LogP contribution in [0.3, 0.4) is 0 Å². The number of hydrogen-bond donors (Lipinski definition) is 2. The van der Waals surface area contributed by atoms with E-state index in [1.165, 1.54) is 23.1 Å². The lowest BCUT2D eigenvalue weighted by molar-refractivity contribution is -0.132. The Morgan fingerprint density at radius 3 is 2.76 bits per heavy atom. The van der Waals surface area contributed by atoms with Gasteiger partial charge in [-0.2, -0.15) is 0 Å². The molecule has 21 heavy (non-hydrogen) atoms. The lowest BCUT2D eigenvalue weighted by atomic mass is 10.1. The third-order valence-corrected chi connectivity index (χ3v) is 4.86. The van der Waals surface area contributed by atoms with E-state index in [0.717, 1.165) is 6.07 Å². The first-order chi connectivity index (χ1) is 9.79. The normalized spacial score (nSPS) is 19.6. The van der Waals surface area contributed by atoms with Crippen molar-refractivity contribution < 1.29 is 23.1 Å². The van der Waals surface area contributed by atoms with Crippen molar-refractivity contribution in [2.45, 2.75) is 23.8 Å². The number of likely N-dealkylation sites (tertiary alicyclic amines) is 1.